The molecule has 0 aromatic heterocycles. The molecule has 0 radical (unpaired) electrons. The maximum atomic E-state index is 5.83. The van der Waals surface area contributed by atoms with E-state index in [0.717, 1.165) is 5.69 Å². The van der Waals surface area contributed by atoms with Gasteiger partial charge >= 0.3 is 0 Å². The predicted molar refractivity (Wildman–Crippen MR) is 59.1 cm³/mol. The molecule has 0 atom stereocenters. The van der Waals surface area contributed by atoms with Crippen molar-refractivity contribution >= 4 is 5.69 Å². The van der Waals surface area contributed by atoms with Crippen molar-refractivity contribution in [1.82, 2.24) is 0 Å². The van der Waals surface area contributed by atoms with Crippen LogP contribution < -0.4 is 10.9 Å². The molecule has 0 aliphatic heterocycles. The van der Waals surface area contributed by atoms with Gasteiger partial charge in [0.15, 0.2) is 0 Å². The van der Waals surface area contributed by atoms with Gasteiger partial charge in [-0.05, 0) is 26.0 Å². The zero-order valence-electron chi connectivity index (χ0n) is 8.81. The van der Waals surface area contributed by atoms with Crippen molar-refractivity contribution < 1.29 is 4.74 Å². The number of ether oxygens (including phenoxy) is 1. The topological polar surface area (TPSA) is 38.5 Å². The maximum Gasteiger partial charge on any atom is 0.0660 e. The first-order chi connectivity index (χ1) is 6.70. The third-order valence-electron chi connectivity index (χ3n) is 1.87. The Kier molecular flexibility index (Phi) is 4.43. The van der Waals surface area contributed by atoms with Gasteiger partial charge < -0.3 is 9.75 Å². The highest BCUT2D eigenvalue weighted by molar-refractivity contribution is 5.43. The summed E-state index contributed by atoms with van der Waals surface area (Å²) in [6.45, 7) is 5.40. The number of hydrogen-bond donors (Lipinski definition) is 1. The minimum Gasteiger partial charge on any atom is -0.377 e. The Hall–Kier alpha value is -1.06. The van der Waals surface area contributed by atoms with Gasteiger partial charge in [-0.3, -0.25) is 0 Å². The molecule has 0 spiro atoms. The highest BCUT2D eigenvalue weighted by Crippen LogP contribution is 2.08. The molecule has 0 saturated carbocycles. The summed E-state index contributed by atoms with van der Waals surface area (Å²) in [6, 6.07) is 9.88. The van der Waals surface area contributed by atoms with E-state index in [9.17, 15) is 0 Å². The Morgan fingerprint density at radius 1 is 1.29 bits per heavy atom. The molecule has 3 nitrogen and oxygen atoms in total. The summed E-state index contributed by atoms with van der Waals surface area (Å²) in [7, 11) is 0. The molecule has 3 heteroatoms. The second-order valence-electron chi connectivity index (χ2n) is 3.45. The average molecular weight is 194 g/mol. The highest BCUT2D eigenvalue weighted by Gasteiger charge is 2.00. The molecule has 1 rings (SSSR count). The van der Waals surface area contributed by atoms with Crippen LogP contribution >= 0.6 is 0 Å². The number of nitrogens with zero attached hydrogens (tertiary/aromatic N) is 1. The molecule has 0 fully saturated rings. The molecule has 0 unspecified atom stereocenters. The van der Waals surface area contributed by atoms with Crippen LogP contribution in [0.1, 0.15) is 13.8 Å². The average Bonchev–Trinajstić information content (AvgIpc) is 2.18. The molecular weight excluding hydrogens is 176 g/mol. The van der Waals surface area contributed by atoms with Gasteiger partial charge in [-0.15, -0.1) is 0 Å². The Labute approximate surface area is 85.4 Å². The maximum absolute atomic E-state index is 5.83. The smallest absolute Gasteiger partial charge is 0.0660 e. The van der Waals surface area contributed by atoms with E-state index in [1.807, 2.05) is 44.2 Å². The lowest BCUT2D eigenvalue weighted by molar-refractivity contribution is 0.0841. The van der Waals surface area contributed by atoms with Gasteiger partial charge in [-0.1, -0.05) is 18.2 Å². The summed E-state index contributed by atoms with van der Waals surface area (Å²) < 4.78 is 5.41. The lowest BCUT2D eigenvalue weighted by Crippen LogP contribution is -2.34. The molecule has 14 heavy (non-hydrogen) atoms. The Bertz CT molecular complexity index is 249. The van der Waals surface area contributed by atoms with Gasteiger partial charge in [0.25, 0.3) is 0 Å². The van der Waals surface area contributed by atoms with Crippen molar-refractivity contribution in [3.63, 3.8) is 0 Å². The monoisotopic (exact) mass is 194 g/mol. The molecule has 0 bridgehead atoms. The summed E-state index contributed by atoms with van der Waals surface area (Å²) >= 11 is 0. The van der Waals surface area contributed by atoms with E-state index in [2.05, 4.69) is 0 Å². The number of hydrogen-bond acceptors (Lipinski definition) is 3. The fourth-order valence-electron chi connectivity index (χ4n) is 1.14. The van der Waals surface area contributed by atoms with Crippen LogP contribution in [0.2, 0.25) is 0 Å². The largest absolute Gasteiger partial charge is 0.377 e. The van der Waals surface area contributed by atoms with Crippen molar-refractivity contribution in [3.8, 4) is 0 Å². The van der Waals surface area contributed by atoms with Crippen LogP contribution in [0.15, 0.2) is 30.3 Å². The van der Waals surface area contributed by atoms with Crippen LogP contribution in [-0.4, -0.2) is 19.3 Å². The van der Waals surface area contributed by atoms with Crippen molar-refractivity contribution in [2.45, 2.75) is 20.0 Å². The Morgan fingerprint density at radius 2 is 1.93 bits per heavy atom. The molecule has 0 amide bonds. The van der Waals surface area contributed by atoms with E-state index in [1.54, 1.807) is 5.01 Å². The summed E-state index contributed by atoms with van der Waals surface area (Å²) in [5.41, 5.74) is 1.01. The standard InChI is InChI=1S/C11H18N2O/c1-10(2)14-9-8-13(12)11-6-4-3-5-7-11/h3-7,10H,8-9,12H2,1-2H3. The third kappa shape index (κ3) is 3.77. The second kappa shape index (κ2) is 5.62. The third-order valence-corrected chi connectivity index (χ3v) is 1.87. The van der Waals surface area contributed by atoms with Gasteiger partial charge in [0.05, 0.1) is 24.9 Å². The van der Waals surface area contributed by atoms with Crippen molar-refractivity contribution in [2.75, 3.05) is 18.2 Å². The van der Waals surface area contributed by atoms with Crippen LogP contribution in [0.4, 0.5) is 5.69 Å². The highest BCUT2D eigenvalue weighted by atomic mass is 16.5. The Balaban J connectivity index is 2.32. The van der Waals surface area contributed by atoms with Gasteiger partial charge in [-0.25, -0.2) is 5.84 Å². The lowest BCUT2D eigenvalue weighted by atomic mass is 10.3. The molecule has 1 aromatic carbocycles. The number of anilines is 1. The molecular formula is C11H18N2O. The first-order valence-electron chi connectivity index (χ1n) is 4.89. The second-order valence-corrected chi connectivity index (χ2v) is 3.45. The zero-order chi connectivity index (χ0) is 10.4. The Morgan fingerprint density at radius 3 is 2.50 bits per heavy atom. The zero-order valence-corrected chi connectivity index (χ0v) is 8.81. The molecule has 0 aliphatic rings. The minimum absolute atomic E-state index is 0.263. The van der Waals surface area contributed by atoms with Gasteiger partial charge in [0, 0.05) is 0 Å². The molecule has 0 heterocycles. The summed E-state index contributed by atoms with van der Waals surface area (Å²) in [4.78, 5) is 0. The molecule has 1 aromatic rings. The van der Waals surface area contributed by atoms with E-state index >= 15 is 0 Å². The van der Waals surface area contributed by atoms with Crippen molar-refractivity contribution in [1.29, 1.82) is 0 Å². The lowest BCUT2D eigenvalue weighted by Gasteiger charge is -2.19. The van der Waals surface area contributed by atoms with Gasteiger partial charge in [0.1, 0.15) is 0 Å². The summed E-state index contributed by atoms with van der Waals surface area (Å²) in [5, 5.41) is 1.70. The van der Waals surface area contributed by atoms with Crippen LogP contribution in [-0.2, 0) is 4.74 Å². The van der Waals surface area contributed by atoms with E-state index in [4.69, 9.17) is 10.6 Å². The van der Waals surface area contributed by atoms with Gasteiger partial charge in [-0.2, -0.15) is 0 Å². The van der Waals surface area contributed by atoms with Crippen molar-refractivity contribution in [2.24, 2.45) is 5.84 Å². The van der Waals surface area contributed by atoms with Crippen molar-refractivity contribution in [3.05, 3.63) is 30.3 Å². The van der Waals surface area contributed by atoms with E-state index in [-0.39, 0.29) is 6.10 Å². The van der Waals surface area contributed by atoms with Crippen LogP contribution in [0.3, 0.4) is 0 Å². The van der Waals surface area contributed by atoms with E-state index < -0.39 is 0 Å². The first-order valence-corrected chi connectivity index (χ1v) is 4.89. The number of rotatable bonds is 5. The number of nitrogens with two attached hydrogens (primary N) is 1. The molecule has 2 N–H and O–H groups in total. The number of hydrazine groups is 1. The molecule has 0 saturated heterocycles. The fraction of sp³-hybridized carbons (Fsp3) is 0.455. The SMILES string of the molecule is CC(C)OCCN(N)c1ccccc1. The van der Waals surface area contributed by atoms with E-state index in [0.29, 0.717) is 13.2 Å². The number of benzene rings is 1. The van der Waals surface area contributed by atoms with Crippen LogP contribution in [0.25, 0.3) is 0 Å². The number of para-hydroxylation sites is 1. The fourth-order valence-corrected chi connectivity index (χ4v) is 1.14. The van der Waals surface area contributed by atoms with Gasteiger partial charge in [0.2, 0.25) is 0 Å². The normalized spacial score (nSPS) is 10.6. The first kappa shape index (κ1) is 11.0. The molecule has 0 aliphatic carbocycles. The summed E-state index contributed by atoms with van der Waals surface area (Å²) in [5.74, 6) is 5.83. The quantitative estimate of drug-likeness (QED) is 0.573. The van der Waals surface area contributed by atoms with Crippen LogP contribution in [0, 0.1) is 0 Å². The van der Waals surface area contributed by atoms with Crippen LogP contribution in [0.5, 0.6) is 0 Å². The minimum atomic E-state index is 0.263. The summed E-state index contributed by atoms with van der Waals surface area (Å²) in [6.07, 6.45) is 0.263. The molecule has 78 valence electrons. The predicted octanol–water partition coefficient (Wildman–Crippen LogP) is 1.79. The van der Waals surface area contributed by atoms with E-state index in [1.165, 1.54) is 0 Å².